The van der Waals surface area contributed by atoms with E-state index >= 15 is 0 Å². The van der Waals surface area contributed by atoms with Gasteiger partial charge in [0.25, 0.3) is 5.91 Å². The average molecular weight is 442 g/mol. The number of hydrogen-bond acceptors (Lipinski definition) is 3. The molecule has 2 amide bonds. The van der Waals surface area contributed by atoms with E-state index in [0.29, 0.717) is 17.7 Å². The van der Waals surface area contributed by atoms with Crippen LogP contribution < -0.4 is 10.2 Å². The van der Waals surface area contributed by atoms with Crippen molar-refractivity contribution in [1.29, 1.82) is 0 Å². The zero-order valence-electron chi connectivity index (χ0n) is 19.6. The minimum atomic E-state index is -0.153. The Balaban J connectivity index is 1.62. The summed E-state index contributed by atoms with van der Waals surface area (Å²) in [4.78, 5) is 29.2. The SMILES string of the molecule is CCN(CC)Cc1cc(C(=O)Nc2ccc3c(c2)N(C)C(=O)CC3)ccc1-c1ccccc1. The fourth-order valence-corrected chi connectivity index (χ4v) is 4.37. The Kier molecular flexibility index (Phi) is 6.90. The lowest BCUT2D eigenvalue weighted by Crippen LogP contribution is -2.31. The molecule has 1 aliphatic heterocycles. The number of hydrogen-bond donors (Lipinski definition) is 1. The Morgan fingerprint density at radius 3 is 2.45 bits per heavy atom. The lowest BCUT2D eigenvalue weighted by atomic mass is 9.96. The summed E-state index contributed by atoms with van der Waals surface area (Å²) in [6.07, 6.45) is 1.26. The van der Waals surface area contributed by atoms with E-state index < -0.39 is 0 Å². The van der Waals surface area contributed by atoms with E-state index in [4.69, 9.17) is 0 Å². The maximum Gasteiger partial charge on any atom is 0.255 e. The number of fused-ring (bicyclic) bond motifs is 1. The molecule has 0 aromatic heterocycles. The smallest absolute Gasteiger partial charge is 0.255 e. The highest BCUT2D eigenvalue weighted by atomic mass is 16.2. The molecule has 0 unspecified atom stereocenters. The van der Waals surface area contributed by atoms with Crippen LogP contribution in [0.1, 0.15) is 41.8 Å². The van der Waals surface area contributed by atoms with Gasteiger partial charge in [-0.3, -0.25) is 14.5 Å². The number of nitrogens with zero attached hydrogens (tertiary/aromatic N) is 2. The van der Waals surface area contributed by atoms with E-state index in [-0.39, 0.29) is 11.8 Å². The molecule has 0 bridgehead atoms. The molecule has 3 aromatic carbocycles. The first-order valence-electron chi connectivity index (χ1n) is 11.6. The molecule has 0 saturated carbocycles. The van der Waals surface area contributed by atoms with Gasteiger partial charge in [-0.25, -0.2) is 0 Å². The summed E-state index contributed by atoms with van der Waals surface area (Å²) in [7, 11) is 1.79. The summed E-state index contributed by atoms with van der Waals surface area (Å²) in [6, 6.07) is 22.0. The van der Waals surface area contributed by atoms with Crippen LogP contribution in [-0.2, 0) is 17.8 Å². The van der Waals surface area contributed by atoms with Crippen LogP contribution in [0, 0.1) is 0 Å². The van der Waals surface area contributed by atoms with E-state index in [0.717, 1.165) is 54.0 Å². The second kappa shape index (κ2) is 10.0. The van der Waals surface area contributed by atoms with Crippen molar-refractivity contribution in [2.45, 2.75) is 33.2 Å². The fourth-order valence-electron chi connectivity index (χ4n) is 4.37. The third-order valence-electron chi connectivity index (χ3n) is 6.43. The van der Waals surface area contributed by atoms with Crippen molar-refractivity contribution in [3.8, 4) is 11.1 Å². The van der Waals surface area contributed by atoms with Crippen LogP contribution in [0.3, 0.4) is 0 Å². The number of benzene rings is 3. The standard InChI is InChI=1S/C28H31N3O2/c1-4-31(5-2)19-23-17-22(12-15-25(23)20-9-7-6-8-10-20)28(33)29-24-14-11-21-13-16-27(32)30(3)26(21)18-24/h6-12,14-15,17-18H,4-5,13,16,19H2,1-3H3,(H,29,33). The van der Waals surface area contributed by atoms with E-state index in [1.54, 1.807) is 11.9 Å². The highest BCUT2D eigenvalue weighted by Crippen LogP contribution is 2.30. The van der Waals surface area contributed by atoms with Crippen molar-refractivity contribution >= 4 is 23.2 Å². The summed E-state index contributed by atoms with van der Waals surface area (Å²) in [5.74, 6) is -0.0522. The predicted octanol–water partition coefficient (Wildman–Crippen LogP) is 5.36. The van der Waals surface area contributed by atoms with Crippen molar-refractivity contribution in [3.63, 3.8) is 0 Å². The molecule has 170 valence electrons. The Hall–Kier alpha value is -3.44. The molecule has 33 heavy (non-hydrogen) atoms. The van der Waals surface area contributed by atoms with Crippen LogP contribution >= 0.6 is 0 Å². The molecular formula is C28H31N3O2. The maximum absolute atomic E-state index is 13.1. The van der Waals surface area contributed by atoms with Crippen molar-refractivity contribution < 1.29 is 9.59 Å². The molecule has 0 atom stereocenters. The van der Waals surface area contributed by atoms with Gasteiger partial charge in [-0.05, 0) is 66.0 Å². The van der Waals surface area contributed by atoms with E-state index in [1.165, 1.54) is 0 Å². The summed E-state index contributed by atoms with van der Waals surface area (Å²) in [6.45, 7) is 6.98. The number of carbonyl (C=O) groups is 2. The van der Waals surface area contributed by atoms with Crippen LogP contribution in [0.5, 0.6) is 0 Å². The van der Waals surface area contributed by atoms with Gasteiger partial charge in [-0.2, -0.15) is 0 Å². The molecule has 1 heterocycles. The Morgan fingerprint density at radius 2 is 1.73 bits per heavy atom. The lowest BCUT2D eigenvalue weighted by molar-refractivity contribution is -0.118. The quantitative estimate of drug-likeness (QED) is 0.537. The van der Waals surface area contributed by atoms with Crippen LogP contribution in [0.15, 0.2) is 66.7 Å². The topological polar surface area (TPSA) is 52.7 Å². The van der Waals surface area contributed by atoms with Crippen LogP contribution in [-0.4, -0.2) is 36.9 Å². The number of aryl methyl sites for hydroxylation is 1. The molecule has 1 N–H and O–H groups in total. The molecular weight excluding hydrogens is 410 g/mol. The molecule has 0 saturated heterocycles. The highest BCUT2D eigenvalue weighted by Gasteiger charge is 2.21. The molecule has 4 rings (SSSR count). The van der Waals surface area contributed by atoms with Gasteiger partial charge >= 0.3 is 0 Å². The third kappa shape index (κ3) is 4.99. The number of amides is 2. The molecule has 5 heteroatoms. The van der Waals surface area contributed by atoms with Gasteiger partial charge in [0.05, 0.1) is 0 Å². The van der Waals surface area contributed by atoms with Crippen molar-refractivity contribution in [2.75, 3.05) is 30.4 Å². The summed E-state index contributed by atoms with van der Waals surface area (Å²) in [5.41, 5.74) is 6.74. The van der Waals surface area contributed by atoms with Crippen LogP contribution in [0.25, 0.3) is 11.1 Å². The fraction of sp³-hybridized carbons (Fsp3) is 0.286. The third-order valence-corrected chi connectivity index (χ3v) is 6.43. The number of nitrogens with one attached hydrogen (secondary N) is 1. The molecule has 0 radical (unpaired) electrons. The van der Waals surface area contributed by atoms with Gasteiger partial charge in [-0.1, -0.05) is 56.3 Å². The highest BCUT2D eigenvalue weighted by molar-refractivity contribution is 6.05. The number of anilines is 2. The lowest BCUT2D eigenvalue weighted by Gasteiger charge is -2.26. The Labute approximate surface area is 196 Å². The maximum atomic E-state index is 13.1. The van der Waals surface area contributed by atoms with Gasteiger partial charge in [-0.15, -0.1) is 0 Å². The molecule has 5 nitrogen and oxygen atoms in total. The second-order valence-corrected chi connectivity index (χ2v) is 8.45. The molecule has 0 spiro atoms. The van der Waals surface area contributed by atoms with Gasteiger partial charge in [0.15, 0.2) is 0 Å². The Bertz CT molecular complexity index is 1150. The van der Waals surface area contributed by atoms with Crippen LogP contribution in [0.4, 0.5) is 11.4 Å². The predicted molar refractivity (Wildman–Crippen MR) is 135 cm³/mol. The monoisotopic (exact) mass is 441 g/mol. The zero-order valence-corrected chi connectivity index (χ0v) is 19.6. The van der Waals surface area contributed by atoms with Crippen molar-refractivity contribution in [1.82, 2.24) is 4.90 Å². The average Bonchev–Trinajstić information content (AvgIpc) is 2.85. The zero-order chi connectivity index (χ0) is 23.4. The minimum absolute atomic E-state index is 0.100. The summed E-state index contributed by atoms with van der Waals surface area (Å²) < 4.78 is 0. The number of rotatable bonds is 7. The van der Waals surface area contributed by atoms with Crippen LogP contribution in [0.2, 0.25) is 0 Å². The normalized spacial score (nSPS) is 13.2. The summed E-state index contributed by atoms with van der Waals surface area (Å²) >= 11 is 0. The molecule has 1 aliphatic rings. The van der Waals surface area contributed by atoms with Gasteiger partial charge in [0, 0.05) is 37.0 Å². The minimum Gasteiger partial charge on any atom is -0.322 e. The van der Waals surface area contributed by atoms with Gasteiger partial charge < -0.3 is 10.2 Å². The first-order chi connectivity index (χ1) is 16.0. The second-order valence-electron chi connectivity index (χ2n) is 8.45. The molecule has 0 fully saturated rings. The van der Waals surface area contributed by atoms with Gasteiger partial charge in [0.1, 0.15) is 0 Å². The number of carbonyl (C=O) groups excluding carboxylic acids is 2. The first-order valence-corrected chi connectivity index (χ1v) is 11.6. The molecule has 0 aliphatic carbocycles. The van der Waals surface area contributed by atoms with Gasteiger partial charge in [0.2, 0.25) is 5.91 Å². The first kappa shape index (κ1) is 22.7. The molecule has 3 aromatic rings. The summed E-state index contributed by atoms with van der Waals surface area (Å²) in [5, 5.41) is 3.02. The van der Waals surface area contributed by atoms with E-state index in [9.17, 15) is 9.59 Å². The van der Waals surface area contributed by atoms with E-state index in [2.05, 4.69) is 36.2 Å². The van der Waals surface area contributed by atoms with Crippen molar-refractivity contribution in [3.05, 3.63) is 83.4 Å². The Morgan fingerprint density at radius 1 is 0.970 bits per heavy atom. The van der Waals surface area contributed by atoms with Crippen molar-refractivity contribution in [2.24, 2.45) is 0 Å². The largest absolute Gasteiger partial charge is 0.322 e. The van der Waals surface area contributed by atoms with E-state index in [1.807, 2.05) is 54.6 Å².